The van der Waals surface area contributed by atoms with Gasteiger partial charge in [-0.25, -0.2) is 4.68 Å². The first kappa shape index (κ1) is 16.0. The Morgan fingerprint density at radius 1 is 1.39 bits per heavy atom. The minimum atomic E-state index is -0.611. The molecule has 3 rings (SSSR count). The van der Waals surface area contributed by atoms with Gasteiger partial charge in [-0.1, -0.05) is 30.3 Å². The van der Waals surface area contributed by atoms with Crippen molar-refractivity contribution in [3.05, 3.63) is 42.7 Å². The number of nitrogens with zero attached hydrogens (tertiary/aromatic N) is 4. The van der Waals surface area contributed by atoms with Gasteiger partial charge in [0, 0.05) is 24.2 Å². The molecule has 2 aromatic rings. The summed E-state index contributed by atoms with van der Waals surface area (Å²) in [6.45, 7) is 2.82. The topological polar surface area (TPSA) is 71.2 Å². The molecule has 1 aromatic heterocycles. The highest BCUT2D eigenvalue weighted by Crippen LogP contribution is 2.29. The van der Waals surface area contributed by atoms with Crippen molar-refractivity contribution in [1.82, 2.24) is 19.9 Å². The predicted molar refractivity (Wildman–Crippen MR) is 88.0 cm³/mol. The van der Waals surface area contributed by atoms with Gasteiger partial charge in [-0.2, -0.15) is 0 Å². The van der Waals surface area contributed by atoms with Crippen molar-refractivity contribution in [3.8, 4) is 0 Å². The Bertz CT molecular complexity index is 635. The van der Waals surface area contributed by atoms with Gasteiger partial charge in [0.25, 0.3) is 0 Å². The molecule has 3 atom stereocenters. The fourth-order valence-corrected chi connectivity index (χ4v) is 3.84. The number of hydrogen-bond donors (Lipinski definition) is 1. The Morgan fingerprint density at radius 2 is 2.17 bits per heavy atom. The molecule has 0 aliphatic carbocycles. The molecule has 0 spiro atoms. The van der Waals surface area contributed by atoms with Crippen LogP contribution in [0.3, 0.4) is 0 Å². The first-order chi connectivity index (χ1) is 11.2. The normalized spacial score (nSPS) is 22.3. The van der Waals surface area contributed by atoms with Crippen LogP contribution in [0.1, 0.15) is 19.4 Å². The lowest BCUT2D eigenvalue weighted by Crippen LogP contribution is -2.36. The third-order valence-electron chi connectivity index (χ3n) is 4.02. The third-order valence-corrected chi connectivity index (χ3v) is 5.38. The summed E-state index contributed by atoms with van der Waals surface area (Å²) in [4.78, 5) is 15.6. The van der Waals surface area contributed by atoms with Gasteiger partial charge >= 0.3 is 0 Å². The number of thioether (sulfide) groups is 1. The van der Waals surface area contributed by atoms with Crippen LogP contribution >= 0.6 is 11.8 Å². The van der Waals surface area contributed by atoms with Crippen LogP contribution in [0.25, 0.3) is 0 Å². The molecule has 1 aromatic carbocycles. The summed E-state index contributed by atoms with van der Waals surface area (Å²) < 4.78 is 1.63. The summed E-state index contributed by atoms with van der Waals surface area (Å²) in [5.74, 6) is 0.0722. The van der Waals surface area contributed by atoms with Crippen molar-refractivity contribution >= 4 is 17.7 Å². The molecule has 122 valence electrons. The minimum absolute atomic E-state index is 0.0722. The van der Waals surface area contributed by atoms with E-state index in [1.807, 2.05) is 37.3 Å². The van der Waals surface area contributed by atoms with E-state index in [1.165, 1.54) is 0 Å². The Hall–Kier alpha value is -1.86. The van der Waals surface area contributed by atoms with Crippen LogP contribution in [0.5, 0.6) is 0 Å². The van der Waals surface area contributed by atoms with Gasteiger partial charge in [0.1, 0.15) is 0 Å². The Labute approximate surface area is 139 Å². The van der Waals surface area contributed by atoms with Gasteiger partial charge in [-0.05, 0) is 18.6 Å². The number of hydrogen-bond acceptors (Lipinski definition) is 5. The van der Waals surface area contributed by atoms with E-state index >= 15 is 0 Å². The number of benzene rings is 1. The van der Waals surface area contributed by atoms with Crippen molar-refractivity contribution in [2.75, 3.05) is 13.1 Å². The second-order valence-electron chi connectivity index (χ2n) is 5.59. The average Bonchev–Trinajstić information content (AvgIpc) is 3.22. The first-order valence-electron chi connectivity index (χ1n) is 7.73. The Kier molecular flexibility index (Phi) is 4.97. The van der Waals surface area contributed by atoms with Gasteiger partial charge in [0.15, 0.2) is 0 Å². The predicted octanol–water partition coefficient (Wildman–Crippen LogP) is 1.59. The number of aliphatic hydroxyl groups excluding tert-OH is 1. The Balaban J connectivity index is 1.67. The molecule has 0 bridgehead atoms. The standard InChI is InChI=1S/C16H20N4O2S/c1-2-15(23-12-6-4-3-5-7-12)16(22)19-10-13(14(21)11-19)20-9-8-17-18-20/h3-9,13-15,21H,2,10-11H2,1H3/t13-,14-,15?/m1/s1. The number of β-amino-alcohol motifs (C(OH)–C–C–N with tert-alkyl or cyclic N) is 1. The first-order valence-corrected chi connectivity index (χ1v) is 8.61. The van der Waals surface area contributed by atoms with Gasteiger partial charge in [0.2, 0.25) is 5.91 Å². The van der Waals surface area contributed by atoms with Crippen molar-refractivity contribution in [2.24, 2.45) is 0 Å². The van der Waals surface area contributed by atoms with Gasteiger partial charge < -0.3 is 10.0 Å². The second kappa shape index (κ2) is 7.14. The summed E-state index contributed by atoms with van der Waals surface area (Å²) in [5, 5.41) is 17.8. The summed E-state index contributed by atoms with van der Waals surface area (Å²) in [7, 11) is 0. The maximum atomic E-state index is 12.8. The van der Waals surface area contributed by atoms with E-state index in [0.717, 1.165) is 11.3 Å². The quantitative estimate of drug-likeness (QED) is 0.842. The summed E-state index contributed by atoms with van der Waals surface area (Å²) in [6.07, 6.45) is 3.44. The van der Waals surface area contributed by atoms with E-state index < -0.39 is 6.10 Å². The molecule has 6 nitrogen and oxygen atoms in total. The Morgan fingerprint density at radius 3 is 2.83 bits per heavy atom. The number of carbonyl (C=O) groups is 1. The van der Waals surface area contributed by atoms with Crippen LogP contribution in [0, 0.1) is 0 Å². The zero-order valence-corrected chi connectivity index (χ0v) is 13.8. The molecule has 0 radical (unpaired) electrons. The summed E-state index contributed by atoms with van der Waals surface area (Å²) in [5.41, 5.74) is 0. The van der Waals surface area contributed by atoms with E-state index in [2.05, 4.69) is 10.3 Å². The van der Waals surface area contributed by atoms with Crippen molar-refractivity contribution in [2.45, 2.75) is 35.6 Å². The second-order valence-corrected chi connectivity index (χ2v) is 6.86. The molecule has 1 amide bonds. The van der Waals surface area contributed by atoms with Crippen LogP contribution in [0.15, 0.2) is 47.6 Å². The summed E-state index contributed by atoms with van der Waals surface area (Å²) >= 11 is 1.58. The largest absolute Gasteiger partial charge is 0.389 e. The molecule has 23 heavy (non-hydrogen) atoms. The monoisotopic (exact) mass is 332 g/mol. The molecule has 0 saturated carbocycles. The van der Waals surface area contributed by atoms with Crippen LogP contribution in [-0.2, 0) is 4.79 Å². The third kappa shape index (κ3) is 3.56. The van der Waals surface area contributed by atoms with Crippen molar-refractivity contribution in [3.63, 3.8) is 0 Å². The molecule has 1 saturated heterocycles. The van der Waals surface area contributed by atoms with Crippen LogP contribution < -0.4 is 0 Å². The van der Waals surface area contributed by atoms with Gasteiger partial charge in [-0.15, -0.1) is 16.9 Å². The van der Waals surface area contributed by atoms with E-state index in [-0.39, 0.29) is 17.2 Å². The van der Waals surface area contributed by atoms with Crippen molar-refractivity contribution < 1.29 is 9.90 Å². The minimum Gasteiger partial charge on any atom is -0.389 e. The fraction of sp³-hybridized carbons (Fsp3) is 0.438. The highest BCUT2D eigenvalue weighted by Gasteiger charge is 2.37. The van der Waals surface area contributed by atoms with E-state index in [0.29, 0.717) is 13.1 Å². The molecule has 1 N–H and O–H groups in total. The van der Waals surface area contributed by atoms with Gasteiger partial charge in [0.05, 0.1) is 23.6 Å². The number of likely N-dealkylation sites (tertiary alicyclic amines) is 1. The van der Waals surface area contributed by atoms with Crippen LogP contribution in [0.2, 0.25) is 0 Å². The maximum absolute atomic E-state index is 12.8. The number of aliphatic hydroxyl groups is 1. The lowest BCUT2D eigenvalue weighted by Gasteiger charge is -2.22. The molecule has 1 aliphatic heterocycles. The van der Waals surface area contributed by atoms with E-state index in [9.17, 15) is 9.90 Å². The smallest absolute Gasteiger partial charge is 0.236 e. The van der Waals surface area contributed by atoms with Crippen LogP contribution in [0.4, 0.5) is 0 Å². The summed E-state index contributed by atoms with van der Waals surface area (Å²) in [6, 6.07) is 9.71. The highest BCUT2D eigenvalue weighted by atomic mass is 32.2. The molecule has 7 heteroatoms. The number of rotatable bonds is 5. The average molecular weight is 332 g/mol. The lowest BCUT2D eigenvalue weighted by molar-refractivity contribution is -0.130. The molecule has 1 fully saturated rings. The lowest BCUT2D eigenvalue weighted by atomic mass is 10.2. The molecular formula is C16H20N4O2S. The van der Waals surface area contributed by atoms with Crippen molar-refractivity contribution in [1.29, 1.82) is 0 Å². The number of amides is 1. The number of aromatic nitrogens is 3. The molecular weight excluding hydrogens is 312 g/mol. The SMILES string of the molecule is CCC(Sc1ccccc1)C(=O)N1C[C@@H](O)[C@H](n2ccnn2)C1. The maximum Gasteiger partial charge on any atom is 0.236 e. The van der Waals surface area contributed by atoms with E-state index in [4.69, 9.17) is 0 Å². The molecule has 1 unspecified atom stereocenters. The van der Waals surface area contributed by atoms with E-state index in [1.54, 1.807) is 33.7 Å². The number of carbonyl (C=O) groups excluding carboxylic acids is 1. The molecule has 1 aliphatic rings. The zero-order valence-electron chi connectivity index (χ0n) is 12.9. The zero-order chi connectivity index (χ0) is 16.2. The van der Waals surface area contributed by atoms with Gasteiger partial charge in [-0.3, -0.25) is 4.79 Å². The fourth-order valence-electron chi connectivity index (χ4n) is 2.78. The van der Waals surface area contributed by atoms with Crippen LogP contribution in [-0.4, -0.2) is 55.4 Å². The molecule has 2 heterocycles. The highest BCUT2D eigenvalue weighted by molar-refractivity contribution is 8.00.